The maximum atomic E-state index is 13.1. The molecule has 0 aliphatic heterocycles. The number of benzene rings is 1. The Kier molecular flexibility index (Phi) is 4.92. The first-order valence-corrected chi connectivity index (χ1v) is 6.99. The summed E-state index contributed by atoms with van der Waals surface area (Å²) in [5.74, 6) is 0. The van der Waals surface area contributed by atoms with E-state index >= 15 is 0 Å². The third-order valence-corrected chi connectivity index (χ3v) is 4.17. The van der Waals surface area contributed by atoms with Crippen molar-refractivity contribution in [2.75, 3.05) is 0 Å². The lowest BCUT2D eigenvalue weighted by atomic mass is 10.0. The van der Waals surface area contributed by atoms with Gasteiger partial charge in [0.05, 0.1) is 0 Å². The van der Waals surface area contributed by atoms with E-state index in [2.05, 4.69) is 4.72 Å². The van der Waals surface area contributed by atoms with Crippen LogP contribution in [0, 0.1) is 6.92 Å². The second kappa shape index (κ2) is 5.73. The van der Waals surface area contributed by atoms with Crippen LogP contribution in [0.2, 0.25) is 0 Å². The average molecular weight is 293 g/mol. The van der Waals surface area contributed by atoms with E-state index < -0.39 is 28.3 Å². The molecule has 0 heterocycles. The number of rotatable bonds is 3. The van der Waals surface area contributed by atoms with Gasteiger partial charge in [0.15, 0.2) is 6.04 Å². The largest absolute Gasteiger partial charge is 0.598 e. The molecule has 1 N–H and O–H groups in total. The van der Waals surface area contributed by atoms with Crippen molar-refractivity contribution in [3.8, 4) is 0 Å². The zero-order chi connectivity index (χ0) is 14.8. The Morgan fingerprint density at radius 3 is 2.11 bits per heavy atom. The van der Waals surface area contributed by atoms with Crippen LogP contribution in [-0.2, 0) is 11.4 Å². The van der Waals surface area contributed by atoms with Crippen molar-refractivity contribution >= 4 is 11.4 Å². The Labute approximate surface area is 114 Å². The summed E-state index contributed by atoms with van der Waals surface area (Å²) in [4.78, 5) is 0. The van der Waals surface area contributed by atoms with Gasteiger partial charge in [-0.2, -0.15) is 13.2 Å². The Hall–Kier alpha value is -0.720. The Morgan fingerprint density at radius 2 is 1.68 bits per heavy atom. The summed E-state index contributed by atoms with van der Waals surface area (Å²) in [6.45, 7) is 6.49. The van der Waals surface area contributed by atoms with Crippen molar-refractivity contribution < 1.29 is 17.7 Å². The van der Waals surface area contributed by atoms with E-state index in [1.165, 1.54) is 6.07 Å². The van der Waals surface area contributed by atoms with Crippen LogP contribution in [0.4, 0.5) is 13.2 Å². The van der Waals surface area contributed by atoms with Crippen LogP contribution >= 0.6 is 0 Å². The summed E-state index contributed by atoms with van der Waals surface area (Å²) in [7, 11) is 0. The molecule has 0 fully saturated rings. The summed E-state index contributed by atoms with van der Waals surface area (Å²) in [6, 6.07) is 4.31. The molecule has 0 radical (unpaired) electrons. The van der Waals surface area contributed by atoms with Gasteiger partial charge in [0.2, 0.25) is 0 Å². The Morgan fingerprint density at radius 1 is 1.16 bits per heavy atom. The molecule has 2 nitrogen and oxygen atoms in total. The second-order valence-electron chi connectivity index (χ2n) is 5.33. The van der Waals surface area contributed by atoms with E-state index in [-0.39, 0.29) is 5.56 Å². The molecule has 0 unspecified atom stereocenters. The summed E-state index contributed by atoms with van der Waals surface area (Å²) >= 11 is -1.79. The van der Waals surface area contributed by atoms with Crippen molar-refractivity contribution in [1.29, 1.82) is 0 Å². The van der Waals surface area contributed by atoms with E-state index in [0.717, 1.165) is 0 Å². The molecule has 0 aliphatic carbocycles. The minimum Gasteiger partial charge on any atom is -0.598 e. The molecule has 0 spiro atoms. The molecule has 0 amide bonds. The predicted octanol–water partition coefficient (Wildman–Crippen LogP) is 3.65. The van der Waals surface area contributed by atoms with Crippen LogP contribution in [-0.4, -0.2) is 15.5 Å². The number of aryl methyl sites for hydroxylation is 1. The van der Waals surface area contributed by atoms with Gasteiger partial charge in [-0.25, -0.2) is 0 Å². The van der Waals surface area contributed by atoms with Crippen LogP contribution in [0.1, 0.15) is 37.9 Å². The standard InChI is InChI=1S/C13H18F3NOS/c1-9-7-5-6-8-10(9)11(13(14,15)16)17-19(18)12(2,3)4/h5-8,11,17H,1-4H3/t11-,19+/m0/s1. The van der Waals surface area contributed by atoms with Crippen molar-refractivity contribution in [3.05, 3.63) is 35.4 Å². The van der Waals surface area contributed by atoms with Crippen molar-refractivity contribution in [1.82, 2.24) is 4.72 Å². The lowest BCUT2D eigenvalue weighted by Gasteiger charge is -2.29. The molecular formula is C13H18F3NOS. The van der Waals surface area contributed by atoms with Gasteiger partial charge in [-0.1, -0.05) is 24.3 Å². The van der Waals surface area contributed by atoms with Crippen LogP contribution < -0.4 is 4.72 Å². The normalized spacial score (nSPS) is 16.2. The predicted molar refractivity (Wildman–Crippen MR) is 71.0 cm³/mol. The topological polar surface area (TPSA) is 35.1 Å². The van der Waals surface area contributed by atoms with E-state index in [1.807, 2.05) is 0 Å². The summed E-state index contributed by atoms with van der Waals surface area (Å²) in [6.07, 6.45) is -4.49. The number of hydrogen-bond donors (Lipinski definition) is 1. The molecule has 0 aromatic heterocycles. The Bertz CT molecular complexity index is 429. The number of halogens is 3. The maximum absolute atomic E-state index is 13.1. The molecule has 6 heteroatoms. The first-order chi connectivity index (χ1) is 8.53. The highest BCUT2D eigenvalue weighted by Gasteiger charge is 2.46. The zero-order valence-electron chi connectivity index (χ0n) is 11.3. The molecule has 0 aliphatic rings. The van der Waals surface area contributed by atoms with Crippen molar-refractivity contribution in [3.63, 3.8) is 0 Å². The first kappa shape index (κ1) is 16.3. The molecule has 0 saturated heterocycles. The van der Waals surface area contributed by atoms with Gasteiger partial charge in [0.1, 0.15) is 4.75 Å². The molecule has 108 valence electrons. The van der Waals surface area contributed by atoms with E-state index in [0.29, 0.717) is 5.56 Å². The third-order valence-electron chi connectivity index (χ3n) is 2.61. The fraction of sp³-hybridized carbons (Fsp3) is 0.538. The minimum atomic E-state index is -4.49. The smallest absolute Gasteiger partial charge is 0.412 e. The lowest BCUT2D eigenvalue weighted by Crippen LogP contribution is -2.45. The molecule has 0 saturated carbocycles. The van der Waals surface area contributed by atoms with Gasteiger partial charge < -0.3 is 4.55 Å². The van der Waals surface area contributed by atoms with E-state index in [1.54, 1.807) is 45.9 Å². The molecule has 19 heavy (non-hydrogen) atoms. The molecule has 0 bridgehead atoms. The van der Waals surface area contributed by atoms with Gasteiger partial charge in [-0.05, 0) is 38.8 Å². The molecule has 1 aromatic rings. The SMILES string of the molecule is Cc1ccccc1[C@H](N[S@+]([O-])C(C)(C)C)C(F)(F)F. The summed E-state index contributed by atoms with van der Waals surface area (Å²) < 4.78 is 52.8. The molecule has 1 aromatic carbocycles. The van der Waals surface area contributed by atoms with Crippen LogP contribution in [0.5, 0.6) is 0 Å². The third kappa shape index (κ3) is 4.40. The Balaban J connectivity index is 3.08. The fourth-order valence-corrected chi connectivity index (χ4v) is 2.33. The average Bonchev–Trinajstić information content (AvgIpc) is 2.24. The first-order valence-electron chi connectivity index (χ1n) is 5.84. The molecular weight excluding hydrogens is 275 g/mol. The number of hydrogen-bond acceptors (Lipinski definition) is 2. The lowest BCUT2D eigenvalue weighted by molar-refractivity contribution is -0.153. The van der Waals surface area contributed by atoms with Gasteiger partial charge in [0, 0.05) is 11.4 Å². The van der Waals surface area contributed by atoms with Crippen molar-refractivity contribution in [2.24, 2.45) is 0 Å². The second-order valence-corrected chi connectivity index (χ2v) is 7.33. The van der Waals surface area contributed by atoms with Crippen molar-refractivity contribution in [2.45, 2.75) is 44.7 Å². The van der Waals surface area contributed by atoms with Gasteiger partial charge in [-0.3, -0.25) is 0 Å². The highest BCUT2D eigenvalue weighted by molar-refractivity contribution is 7.90. The summed E-state index contributed by atoms with van der Waals surface area (Å²) in [5, 5.41) is 0. The number of alkyl halides is 3. The maximum Gasteiger partial charge on any atom is 0.412 e. The minimum absolute atomic E-state index is 0.104. The summed E-state index contributed by atoms with van der Waals surface area (Å²) in [5.41, 5.74) is 0.621. The zero-order valence-corrected chi connectivity index (χ0v) is 12.2. The van der Waals surface area contributed by atoms with Gasteiger partial charge in [0.25, 0.3) is 0 Å². The molecule has 1 rings (SSSR count). The van der Waals surface area contributed by atoms with Gasteiger partial charge >= 0.3 is 6.18 Å². The van der Waals surface area contributed by atoms with E-state index in [4.69, 9.17) is 0 Å². The fourth-order valence-electron chi connectivity index (χ4n) is 1.50. The van der Waals surface area contributed by atoms with Gasteiger partial charge in [-0.15, -0.1) is 4.72 Å². The van der Waals surface area contributed by atoms with E-state index in [9.17, 15) is 17.7 Å². The van der Waals surface area contributed by atoms with Crippen LogP contribution in [0.15, 0.2) is 24.3 Å². The van der Waals surface area contributed by atoms with Crippen LogP contribution in [0.3, 0.4) is 0 Å². The highest BCUT2D eigenvalue weighted by Crippen LogP contribution is 2.35. The number of nitrogens with one attached hydrogen (secondary N) is 1. The molecule has 2 atom stereocenters. The monoisotopic (exact) mass is 293 g/mol. The van der Waals surface area contributed by atoms with Crippen LogP contribution in [0.25, 0.3) is 0 Å². The highest BCUT2D eigenvalue weighted by atomic mass is 32.2. The quantitative estimate of drug-likeness (QED) is 0.863.